The van der Waals surface area contributed by atoms with Gasteiger partial charge in [-0.3, -0.25) is 19.5 Å². The predicted octanol–water partition coefficient (Wildman–Crippen LogP) is 2.85. The molecule has 5 rings (SSSR count). The van der Waals surface area contributed by atoms with Crippen LogP contribution in [0.25, 0.3) is 0 Å². The van der Waals surface area contributed by atoms with E-state index >= 15 is 0 Å². The first-order valence-corrected chi connectivity index (χ1v) is 10.5. The highest BCUT2D eigenvalue weighted by Crippen LogP contribution is 2.38. The number of pyridine rings is 1. The molecule has 29 heavy (non-hydrogen) atoms. The summed E-state index contributed by atoms with van der Waals surface area (Å²) in [7, 11) is 0. The van der Waals surface area contributed by atoms with Gasteiger partial charge in [0, 0.05) is 36.7 Å². The summed E-state index contributed by atoms with van der Waals surface area (Å²) in [6.07, 6.45) is 8.88. The number of fused-ring (bicyclic) bond motifs is 1. The van der Waals surface area contributed by atoms with Crippen LogP contribution in [0, 0.1) is 12.8 Å². The maximum atomic E-state index is 13.1. The lowest BCUT2D eigenvalue weighted by molar-refractivity contribution is -0.117. The standard InChI is InChI=1S/C22H25N5O2/c1-14-17-11-19(28)27(13-15-7-8-15)21(17)25-20(24-14)18-6-2-3-10-26(18)22(29)16-5-4-9-23-12-16/h4-5,9,12,15,18H,2-3,6-8,10-11,13H2,1H3. The number of carbonyl (C=O) groups excluding carboxylic acids is 2. The molecule has 150 valence electrons. The second-order valence-corrected chi connectivity index (χ2v) is 8.35. The Morgan fingerprint density at radius 3 is 2.83 bits per heavy atom. The van der Waals surface area contributed by atoms with E-state index in [-0.39, 0.29) is 17.9 Å². The first-order chi connectivity index (χ1) is 14.1. The molecule has 2 aromatic heterocycles. The molecule has 2 aliphatic heterocycles. The summed E-state index contributed by atoms with van der Waals surface area (Å²) >= 11 is 0. The van der Waals surface area contributed by atoms with Gasteiger partial charge < -0.3 is 4.90 Å². The van der Waals surface area contributed by atoms with Crippen LogP contribution in [-0.4, -0.2) is 44.8 Å². The minimum absolute atomic E-state index is 0.0320. The second-order valence-electron chi connectivity index (χ2n) is 8.35. The van der Waals surface area contributed by atoms with Crippen LogP contribution in [-0.2, 0) is 11.2 Å². The van der Waals surface area contributed by atoms with Crippen molar-refractivity contribution in [3.05, 3.63) is 47.2 Å². The van der Waals surface area contributed by atoms with E-state index in [1.165, 1.54) is 12.8 Å². The molecule has 2 aromatic rings. The van der Waals surface area contributed by atoms with E-state index in [1.54, 1.807) is 24.5 Å². The minimum atomic E-state index is -0.168. The van der Waals surface area contributed by atoms with Crippen LogP contribution in [0.3, 0.4) is 0 Å². The van der Waals surface area contributed by atoms with Crippen molar-refractivity contribution in [2.24, 2.45) is 5.92 Å². The van der Waals surface area contributed by atoms with Gasteiger partial charge >= 0.3 is 0 Å². The zero-order valence-electron chi connectivity index (χ0n) is 16.7. The maximum Gasteiger partial charge on any atom is 0.256 e. The first-order valence-electron chi connectivity index (χ1n) is 10.5. The third-order valence-corrected chi connectivity index (χ3v) is 6.20. The highest BCUT2D eigenvalue weighted by Gasteiger charge is 2.37. The topological polar surface area (TPSA) is 79.3 Å². The Bertz CT molecular complexity index is 957. The lowest BCUT2D eigenvalue weighted by atomic mass is 10.00. The van der Waals surface area contributed by atoms with Gasteiger partial charge in [0.2, 0.25) is 5.91 Å². The molecular weight excluding hydrogens is 366 g/mol. The molecule has 0 spiro atoms. The van der Waals surface area contributed by atoms with Crippen molar-refractivity contribution in [1.29, 1.82) is 0 Å². The average Bonchev–Trinajstić information content (AvgIpc) is 3.52. The van der Waals surface area contributed by atoms with Gasteiger partial charge in [0.25, 0.3) is 5.91 Å². The second kappa shape index (κ2) is 7.21. The van der Waals surface area contributed by atoms with Crippen LogP contribution in [0.2, 0.25) is 0 Å². The molecule has 3 aliphatic rings. The molecule has 0 bridgehead atoms. The normalized spacial score (nSPS) is 21.4. The van der Waals surface area contributed by atoms with E-state index in [0.29, 0.717) is 30.3 Å². The molecule has 7 heteroatoms. The molecule has 1 saturated heterocycles. The summed E-state index contributed by atoms with van der Waals surface area (Å²) < 4.78 is 0. The van der Waals surface area contributed by atoms with Gasteiger partial charge in [-0.25, -0.2) is 9.97 Å². The molecular formula is C22H25N5O2. The summed E-state index contributed by atoms with van der Waals surface area (Å²) in [4.78, 5) is 43.2. The summed E-state index contributed by atoms with van der Waals surface area (Å²) in [6.45, 7) is 3.39. The highest BCUT2D eigenvalue weighted by atomic mass is 16.2. The number of aromatic nitrogens is 3. The number of anilines is 1. The van der Waals surface area contributed by atoms with Crippen LogP contribution in [0.15, 0.2) is 24.5 Å². The third kappa shape index (κ3) is 3.39. The van der Waals surface area contributed by atoms with Crippen molar-refractivity contribution in [1.82, 2.24) is 19.9 Å². The predicted molar refractivity (Wildman–Crippen MR) is 107 cm³/mol. The molecule has 0 N–H and O–H groups in total. The maximum absolute atomic E-state index is 13.1. The van der Waals surface area contributed by atoms with Gasteiger partial charge in [0.15, 0.2) is 5.82 Å². The smallest absolute Gasteiger partial charge is 0.256 e. The first kappa shape index (κ1) is 18.2. The molecule has 1 aliphatic carbocycles. The Labute approximate surface area is 170 Å². The van der Waals surface area contributed by atoms with E-state index in [1.807, 2.05) is 16.7 Å². The van der Waals surface area contributed by atoms with Crippen molar-refractivity contribution in [2.75, 3.05) is 18.0 Å². The van der Waals surface area contributed by atoms with Gasteiger partial charge in [0.05, 0.1) is 18.0 Å². The third-order valence-electron chi connectivity index (χ3n) is 6.20. The van der Waals surface area contributed by atoms with Gasteiger partial charge in [-0.15, -0.1) is 0 Å². The van der Waals surface area contributed by atoms with Crippen molar-refractivity contribution < 1.29 is 9.59 Å². The zero-order chi connectivity index (χ0) is 20.0. The van der Waals surface area contributed by atoms with Crippen molar-refractivity contribution >= 4 is 17.6 Å². The number of piperidine rings is 1. The summed E-state index contributed by atoms with van der Waals surface area (Å²) in [6, 6.07) is 3.41. The number of hydrogen-bond donors (Lipinski definition) is 0. The molecule has 2 amide bonds. The molecule has 2 fully saturated rings. The Morgan fingerprint density at radius 1 is 1.21 bits per heavy atom. The van der Waals surface area contributed by atoms with E-state index in [2.05, 4.69) is 4.98 Å². The fourth-order valence-electron chi connectivity index (χ4n) is 4.39. The number of nitrogens with zero attached hydrogens (tertiary/aromatic N) is 5. The van der Waals surface area contributed by atoms with Crippen LogP contribution in [0.4, 0.5) is 5.82 Å². The SMILES string of the molecule is Cc1nc(C2CCCCN2C(=O)c2cccnc2)nc2c1CC(=O)N2CC1CC1. The van der Waals surface area contributed by atoms with Crippen LogP contribution >= 0.6 is 0 Å². The molecule has 1 saturated carbocycles. The fourth-order valence-corrected chi connectivity index (χ4v) is 4.39. The summed E-state index contributed by atoms with van der Waals surface area (Å²) in [5.41, 5.74) is 2.39. The quantitative estimate of drug-likeness (QED) is 0.801. The summed E-state index contributed by atoms with van der Waals surface area (Å²) in [5, 5.41) is 0. The number of hydrogen-bond acceptors (Lipinski definition) is 5. The largest absolute Gasteiger partial charge is 0.328 e. The van der Waals surface area contributed by atoms with Gasteiger partial charge in [-0.05, 0) is 57.1 Å². The Hall–Kier alpha value is -2.83. The van der Waals surface area contributed by atoms with Crippen molar-refractivity contribution in [3.63, 3.8) is 0 Å². The molecule has 0 aromatic carbocycles. The van der Waals surface area contributed by atoms with E-state index in [0.717, 1.165) is 42.9 Å². The molecule has 1 atom stereocenters. The van der Waals surface area contributed by atoms with Crippen LogP contribution < -0.4 is 4.90 Å². The van der Waals surface area contributed by atoms with Gasteiger partial charge in [-0.2, -0.15) is 0 Å². The number of amides is 2. The molecule has 4 heterocycles. The number of likely N-dealkylation sites (tertiary alicyclic amines) is 1. The minimum Gasteiger partial charge on any atom is -0.328 e. The van der Waals surface area contributed by atoms with Gasteiger partial charge in [0.1, 0.15) is 5.82 Å². The number of carbonyl (C=O) groups is 2. The average molecular weight is 391 g/mol. The fraction of sp³-hybridized carbons (Fsp3) is 0.500. The van der Waals surface area contributed by atoms with E-state index in [4.69, 9.17) is 9.97 Å². The van der Waals surface area contributed by atoms with Crippen LogP contribution in [0.1, 0.15) is 65.6 Å². The van der Waals surface area contributed by atoms with Crippen molar-refractivity contribution in [2.45, 2.75) is 51.5 Å². The molecule has 7 nitrogen and oxygen atoms in total. The lowest BCUT2D eigenvalue weighted by Crippen LogP contribution is -2.39. The number of aryl methyl sites for hydroxylation is 1. The highest BCUT2D eigenvalue weighted by molar-refractivity contribution is 6.00. The zero-order valence-corrected chi connectivity index (χ0v) is 16.7. The van der Waals surface area contributed by atoms with Gasteiger partial charge in [-0.1, -0.05) is 0 Å². The van der Waals surface area contributed by atoms with E-state index in [9.17, 15) is 9.59 Å². The summed E-state index contributed by atoms with van der Waals surface area (Å²) in [5.74, 6) is 2.11. The lowest BCUT2D eigenvalue weighted by Gasteiger charge is -2.35. The van der Waals surface area contributed by atoms with Crippen molar-refractivity contribution in [3.8, 4) is 0 Å². The van der Waals surface area contributed by atoms with E-state index < -0.39 is 0 Å². The monoisotopic (exact) mass is 391 g/mol. The molecule has 1 unspecified atom stereocenters. The van der Waals surface area contributed by atoms with Crippen LogP contribution in [0.5, 0.6) is 0 Å². The number of rotatable bonds is 4. The molecule has 0 radical (unpaired) electrons. The Kier molecular flexibility index (Phi) is 4.53. The Morgan fingerprint density at radius 2 is 2.07 bits per heavy atom. The Balaban J connectivity index is 1.49.